The van der Waals surface area contributed by atoms with E-state index in [0.717, 1.165) is 12.8 Å². The molecule has 0 bridgehead atoms. The quantitative estimate of drug-likeness (QED) is 0.558. The van der Waals surface area contributed by atoms with Gasteiger partial charge in [0.05, 0.1) is 11.1 Å². The molecule has 3 nitrogen and oxygen atoms in total. The zero-order valence-electron chi connectivity index (χ0n) is 13.2. The maximum Gasteiger partial charge on any atom is 0.416 e. The Bertz CT molecular complexity index is 536. The minimum Gasteiger partial charge on any atom is -0.328 e. The Kier molecular flexibility index (Phi) is 6.50. The van der Waals surface area contributed by atoms with E-state index < -0.39 is 35.2 Å². The summed E-state index contributed by atoms with van der Waals surface area (Å²) < 4.78 is 76.5. The summed E-state index contributed by atoms with van der Waals surface area (Å²) in [5.74, 6) is 0. The van der Waals surface area contributed by atoms with Gasteiger partial charge in [0.15, 0.2) is 0 Å². The summed E-state index contributed by atoms with van der Waals surface area (Å²) in [6, 6.07) is 0.208. The standard InChI is InChI=1S/C15H18F6N2O/c1-3-4-5-6-23(2)13(24)22-12-8-10(14(16,17)18)7-11(9-12)15(19,20)21/h7-9H,3-6H2,1-2H3,(H,22,24). The number of halogens is 6. The van der Waals surface area contributed by atoms with E-state index in [1.54, 1.807) is 0 Å². The zero-order chi connectivity index (χ0) is 18.5. The highest BCUT2D eigenvalue weighted by Gasteiger charge is 2.37. The van der Waals surface area contributed by atoms with Crippen LogP contribution in [0.3, 0.4) is 0 Å². The van der Waals surface area contributed by atoms with Gasteiger partial charge in [-0.25, -0.2) is 4.79 Å². The van der Waals surface area contributed by atoms with Gasteiger partial charge in [-0.1, -0.05) is 19.8 Å². The molecule has 0 heterocycles. The number of unbranched alkanes of at least 4 members (excludes halogenated alkanes) is 2. The average Bonchev–Trinajstić information content (AvgIpc) is 2.45. The molecule has 0 aliphatic carbocycles. The maximum atomic E-state index is 12.7. The third-order valence-electron chi connectivity index (χ3n) is 3.28. The van der Waals surface area contributed by atoms with Crippen LogP contribution in [0.1, 0.15) is 37.3 Å². The van der Waals surface area contributed by atoms with Crippen LogP contribution in [0.5, 0.6) is 0 Å². The summed E-state index contributed by atoms with van der Waals surface area (Å²) in [5, 5.41) is 2.08. The molecule has 1 aromatic carbocycles. The van der Waals surface area contributed by atoms with Crippen molar-refractivity contribution < 1.29 is 31.1 Å². The highest BCUT2D eigenvalue weighted by molar-refractivity contribution is 5.89. The number of benzene rings is 1. The molecule has 0 atom stereocenters. The van der Waals surface area contributed by atoms with E-state index in [0.29, 0.717) is 25.1 Å². The predicted octanol–water partition coefficient (Wildman–Crippen LogP) is 5.38. The number of amides is 2. The second-order valence-electron chi connectivity index (χ2n) is 5.35. The number of hydrogen-bond acceptors (Lipinski definition) is 1. The first kappa shape index (κ1) is 20.1. The van der Waals surface area contributed by atoms with Crippen LogP contribution in [0.2, 0.25) is 0 Å². The van der Waals surface area contributed by atoms with E-state index >= 15 is 0 Å². The Morgan fingerprint density at radius 3 is 1.92 bits per heavy atom. The molecule has 1 N–H and O–H groups in total. The highest BCUT2D eigenvalue weighted by Crippen LogP contribution is 2.37. The lowest BCUT2D eigenvalue weighted by Gasteiger charge is -2.19. The summed E-state index contributed by atoms with van der Waals surface area (Å²) in [6.45, 7) is 2.31. The molecule has 0 unspecified atom stereocenters. The summed E-state index contributed by atoms with van der Waals surface area (Å²) >= 11 is 0. The molecule has 0 saturated carbocycles. The Labute approximate surface area is 135 Å². The molecule has 24 heavy (non-hydrogen) atoms. The van der Waals surface area contributed by atoms with Crippen LogP contribution in [0, 0.1) is 0 Å². The fourth-order valence-corrected chi connectivity index (χ4v) is 1.95. The Morgan fingerprint density at radius 2 is 1.50 bits per heavy atom. The van der Waals surface area contributed by atoms with Crippen molar-refractivity contribution in [3.05, 3.63) is 29.3 Å². The third-order valence-corrected chi connectivity index (χ3v) is 3.28. The smallest absolute Gasteiger partial charge is 0.328 e. The molecule has 0 fully saturated rings. The van der Waals surface area contributed by atoms with Crippen molar-refractivity contribution in [2.75, 3.05) is 18.9 Å². The van der Waals surface area contributed by atoms with Gasteiger partial charge < -0.3 is 10.2 Å². The fraction of sp³-hybridized carbons (Fsp3) is 0.533. The first-order valence-corrected chi connectivity index (χ1v) is 7.26. The van der Waals surface area contributed by atoms with E-state index in [4.69, 9.17) is 0 Å². The zero-order valence-corrected chi connectivity index (χ0v) is 13.2. The van der Waals surface area contributed by atoms with Crippen LogP contribution < -0.4 is 5.32 Å². The van der Waals surface area contributed by atoms with Gasteiger partial charge in [0.1, 0.15) is 0 Å². The van der Waals surface area contributed by atoms with Crippen LogP contribution in [-0.4, -0.2) is 24.5 Å². The van der Waals surface area contributed by atoms with Gasteiger partial charge in [-0.2, -0.15) is 26.3 Å². The summed E-state index contributed by atoms with van der Waals surface area (Å²) in [7, 11) is 1.42. The molecule has 136 valence electrons. The number of urea groups is 1. The minimum absolute atomic E-state index is 0.0145. The van der Waals surface area contributed by atoms with Crippen molar-refractivity contribution in [3.8, 4) is 0 Å². The molecule has 0 aliphatic rings. The number of anilines is 1. The van der Waals surface area contributed by atoms with Gasteiger partial charge in [-0.3, -0.25) is 0 Å². The van der Waals surface area contributed by atoms with Gasteiger partial charge in [0, 0.05) is 19.3 Å². The Morgan fingerprint density at radius 1 is 1.00 bits per heavy atom. The van der Waals surface area contributed by atoms with Gasteiger partial charge in [-0.15, -0.1) is 0 Å². The largest absolute Gasteiger partial charge is 0.416 e. The van der Waals surface area contributed by atoms with Gasteiger partial charge >= 0.3 is 18.4 Å². The molecule has 0 saturated heterocycles. The number of nitrogens with one attached hydrogen (secondary N) is 1. The number of carbonyl (C=O) groups is 1. The molecule has 2 amide bonds. The van der Waals surface area contributed by atoms with Crippen molar-refractivity contribution in [1.29, 1.82) is 0 Å². The third kappa shape index (κ3) is 5.93. The normalized spacial score (nSPS) is 12.2. The molecular formula is C15H18F6N2O. The Hall–Kier alpha value is -1.93. The number of hydrogen-bond donors (Lipinski definition) is 1. The number of carbonyl (C=O) groups excluding carboxylic acids is 1. The fourth-order valence-electron chi connectivity index (χ4n) is 1.95. The van der Waals surface area contributed by atoms with Gasteiger partial charge in [0.25, 0.3) is 0 Å². The maximum absolute atomic E-state index is 12.7. The molecule has 0 spiro atoms. The first-order valence-electron chi connectivity index (χ1n) is 7.26. The SMILES string of the molecule is CCCCCN(C)C(=O)Nc1cc(C(F)(F)F)cc(C(F)(F)F)c1. The van der Waals surface area contributed by atoms with Crippen molar-refractivity contribution in [1.82, 2.24) is 4.90 Å². The summed E-state index contributed by atoms with van der Waals surface area (Å²) in [6.07, 6.45) is -7.43. The van der Waals surface area contributed by atoms with Crippen molar-refractivity contribution in [3.63, 3.8) is 0 Å². The monoisotopic (exact) mass is 356 g/mol. The van der Waals surface area contributed by atoms with Crippen LogP contribution in [-0.2, 0) is 12.4 Å². The predicted molar refractivity (Wildman–Crippen MR) is 77.6 cm³/mol. The van der Waals surface area contributed by atoms with E-state index in [1.165, 1.54) is 11.9 Å². The summed E-state index contributed by atoms with van der Waals surface area (Å²) in [4.78, 5) is 13.1. The number of rotatable bonds is 5. The number of nitrogens with zero attached hydrogens (tertiary/aromatic N) is 1. The molecular weight excluding hydrogens is 338 g/mol. The van der Waals surface area contributed by atoms with Gasteiger partial charge in [0.2, 0.25) is 0 Å². The summed E-state index contributed by atoms with van der Waals surface area (Å²) in [5.41, 5.74) is -3.49. The lowest BCUT2D eigenvalue weighted by atomic mass is 10.1. The Balaban J connectivity index is 3.00. The van der Waals surface area contributed by atoms with Crippen LogP contribution in [0.4, 0.5) is 36.8 Å². The van der Waals surface area contributed by atoms with E-state index in [1.807, 2.05) is 6.92 Å². The van der Waals surface area contributed by atoms with Crippen molar-refractivity contribution in [2.24, 2.45) is 0 Å². The van der Waals surface area contributed by atoms with Gasteiger partial charge in [-0.05, 0) is 24.6 Å². The second kappa shape index (κ2) is 7.76. The van der Waals surface area contributed by atoms with Crippen molar-refractivity contribution in [2.45, 2.75) is 38.5 Å². The van der Waals surface area contributed by atoms with E-state index in [-0.39, 0.29) is 6.07 Å². The van der Waals surface area contributed by atoms with Crippen LogP contribution in [0.15, 0.2) is 18.2 Å². The average molecular weight is 356 g/mol. The lowest BCUT2D eigenvalue weighted by Crippen LogP contribution is -2.32. The molecule has 9 heteroatoms. The highest BCUT2D eigenvalue weighted by atomic mass is 19.4. The first-order chi connectivity index (χ1) is 10.9. The van der Waals surface area contributed by atoms with E-state index in [9.17, 15) is 31.1 Å². The second-order valence-corrected chi connectivity index (χ2v) is 5.35. The topological polar surface area (TPSA) is 32.3 Å². The lowest BCUT2D eigenvalue weighted by molar-refractivity contribution is -0.143. The van der Waals surface area contributed by atoms with Crippen LogP contribution >= 0.6 is 0 Å². The van der Waals surface area contributed by atoms with Crippen molar-refractivity contribution >= 4 is 11.7 Å². The molecule has 1 aromatic rings. The molecule has 1 rings (SSSR count). The molecule has 0 aliphatic heterocycles. The molecule has 0 aromatic heterocycles. The number of alkyl halides is 6. The molecule has 0 radical (unpaired) electrons. The van der Waals surface area contributed by atoms with Crippen LogP contribution in [0.25, 0.3) is 0 Å². The van der Waals surface area contributed by atoms with E-state index in [2.05, 4.69) is 5.32 Å². The minimum atomic E-state index is -4.95.